The number of benzene rings is 2. The molecule has 0 fully saturated rings. The minimum atomic E-state index is -3.45. The Hall–Kier alpha value is -2.87. The van der Waals surface area contributed by atoms with Gasteiger partial charge in [-0.25, -0.2) is 18.2 Å². The zero-order chi connectivity index (χ0) is 24.7. The van der Waals surface area contributed by atoms with Crippen LogP contribution in [0, 0.1) is 17.7 Å². The van der Waals surface area contributed by atoms with Crippen LogP contribution in [0.15, 0.2) is 42.5 Å². The molecular weight excluding hydrogens is 443 g/mol. The average molecular weight is 474 g/mol. The number of imidazole rings is 1. The summed E-state index contributed by atoms with van der Waals surface area (Å²) in [5.74, 6) is -5.95. The van der Waals surface area contributed by atoms with Crippen molar-refractivity contribution in [3.05, 3.63) is 65.2 Å². The quantitative estimate of drug-likeness (QED) is 0.420. The molecule has 0 bridgehead atoms. The maximum atomic E-state index is 15.0. The van der Waals surface area contributed by atoms with Crippen LogP contribution in [0.5, 0.6) is 0 Å². The van der Waals surface area contributed by atoms with E-state index in [9.17, 15) is 14.3 Å². The van der Waals surface area contributed by atoms with Gasteiger partial charge in [0.2, 0.25) is 5.91 Å². The molecule has 1 aliphatic rings. The zero-order valence-electron chi connectivity index (χ0n) is 19.5. The third-order valence-corrected chi connectivity index (χ3v) is 6.93. The number of aryl methyl sites for hydroxylation is 1. The lowest BCUT2D eigenvalue weighted by Crippen LogP contribution is -2.55. The number of aromatic nitrogens is 2. The number of halogens is 3. The van der Waals surface area contributed by atoms with E-state index >= 15 is 8.78 Å². The molecule has 0 aliphatic heterocycles. The average Bonchev–Trinajstić information content (AvgIpc) is 3.19. The molecule has 0 saturated carbocycles. The Morgan fingerprint density at radius 1 is 1.24 bits per heavy atom. The molecule has 0 saturated heterocycles. The van der Waals surface area contributed by atoms with Crippen LogP contribution in [-0.4, -0.2) is 33.1 Å². The maximum absolute atomic E-state index is 15.0. The first-order chi connectivity index (χ1) is 16.0. The maximum Gasteiger partial charge on any atom is 0.276 e. The number of hydrogen-bond donors (Lipinski definition) is 3. The number of carbonyl (C=O) groups is 1. The van der Waals surface area contributed by atoms with Crippen LogP contribution in [0.2, 0.25) is 0 Å². The molecule has 3 unspecified atom stereocenters. The van der Waals surface area contributed by atoms with Crippen molar-refractivity contribution < 1.29 is 23.1 Å². The number of fused-ring (bicyclic) bond motifs is 2. The number of nitrogens with zero attached hydrogens (tertiary/aromatic N) is 1. The Morgan fingerprint density at radius 3 is 2.68 bits per heavy atom. The molecule has 4 rings (SSSR count). The predicted octanol–water partition coefficient (Wildman–Crippen LogP) is 5.05. The van der Waals surface area contributed by atoms with Crippen molar-refractivity contribution in [2.75, 3.05) is 6.54 Å². The summed E-state index contributed by atoms with van der Waals surface area (Å²) >= 11 is 0. The van der Waals surface area contributed by atoms with Gasteiger partial charge in [-0.2, -0.15) is 0 Å². The van der Waals surface area contributed by atoms with E-state index in [-0.39, 0.29) is 11.5 Å². The van der Waals surface area contributed by atoms with Crippen LogP contribution in [0.4, 0.5) is 13.2 Å². The van der Waals surface area contributed by atoms with Gasteiger partial charge in [0.05, 0.1) is 22.6 Å². The van der Waals surface area contributed by atoms with Crippen molar-refractivity contribution in [3.63, 3.8) is 0 Å². The molecule has 5 nitrogen and oxygen atoms in total. The Bertz CT molecular complexity index is 1160. The number of hydrogen-bond acceptors (Lipinski definition) is 3. The summed E-state index contributed by atoms with van der Waals surface area (Å²) < 4.78 is 43.8. The zero-order valence-corrected chi connectivity index (χ0v) is 19.5. The summed E-state index contributed by atoms with van der Waals surface area (Å²) in [7, 11) is 0. The van der Waals surface area contributed by atoms with Crippen LogP contribution in [0.25, 0.3) is 11.0 Å². The monoisotopic (exact) mass is 473 g/mol. The van der Waals surface area contributed by atoms with Crippen LogP contribution in [-0.2, 0) is 17.1 Å². The summed E-state index contributed by atoms with van der Waals surface area (Å²) in [5.41, 5.74) is -0.384. The fourth-order valence-corrected chi connectivity index (χ4v) is 5.28. The summed E-state index contributed by atoms with van der Waals surface area (Å²) in [6, 6.07) is 11.0. The molecule has 8 heteroatoms. The van der Waals surface area contributed by atoms with Crippen molar-refractivity contribution in [3.8, 4) is 0 Å². The number of amides is 1. The highest BCUT2D eigenvalue weighted by atomic mass is 19.3. The predicted molar refractivity (Wildman–Crippen MR) is 124 cm³/mol. The molecule has 1 heterocycles. The molecule has 2 aromatic carbocycles. The minimum Gasteiger partial charge on any atom is -0.388 e. The molecule has 0 radical (unpaired) electrons. The highest BCUT2D eigenvalue weighted by Gasteiger charge is 2.58. The van der Waals surface area contributed by atoms with Crippen molar-refractivity contribution in [2.45, 2.75) is 57.5 Å². The summed E-state index contributed by atoms with van der Waals surface area (Å²) in [6.07, 6.45) is 0.273. The fraction of sp³-hybridized carbons (Fsp3) is 0.462. The molecule has 3 atom stereocenters. The topological polar surface area (TPSA) is 78.0 Å². The van der Waals surface area contributed by atoms with Gasteiger partial charge >= 0.3 is 0 Å². The molecule has 34 heavy (non-hydrogen) atoms. The summed E-state index contributed by atoms with van der Waals surface area (Å²) in [5, 5.41) is 14.3. The van der Waals surface area contributed by atoms with Gasteiger partial charge in [0.15, 0.2) is 0 Å². The smallest absolute Gasteiger partial charge is 0.276 e. The van der Waals surface area contributed by atoms with Gasteiger partial charge in [-0.3, -0.25) is 4.79 Å². The summed E-state index contributed by atoms with van der Waals surface area (Å²) in [4.78, 5) is 20.7. The third kappa shape index (κ3) is 4.43. The minimum absolute atomic E-state index is 0.194. The van der Waals surface area contributed by atoms with E-state index in [2.05, 4.69) is 15.3 Å². The number of H-pyrrole nitrogens is 1. The molecule has 0 spiro atoms. The van der Waals surface area contributed by atoms with E-state index in [4.69, 9.17) is 0 Å². The first kappa shape index (κ1) is 24.3. The Kier molecular flexibility index (Phi) is 6.46. The van der Waals surface area contributed by atoms with Gasteiger partial charge in [-0.15, -0.1) is 0 Å². The molecular formula is C26H30F3N3O2. The van der Waals surface area contributed by atoms with Crippen molar-refractivity contribution in [2.24, 2.45) is 11.8 Å². The Labute approximate surface area is 196 Å². The van der Waals surface area contributed by atoms with Crippen molar-refractivity contribution in [1.29, 1.82) is 0 Å². The van der Waals surface area contributed by atoms with E-state index in [0.717, 1.165) is 29.0 Å². The SMILES string of the molecule is CC(C)C1c2ccc(F)cc2C(F)(F)CC1(O)C(C)C(=O)NCCCc1nc2ccccc2[nH]1. The first-order valence-corrected chi connectivity index (χ1v) is 11.6. The van der Waals surface area contributed by atoms with Gasteiger partial charge in [0.1, 0.15) is 11.6 Å². The number of rotatable bonds is 7. The number of aromatic amines is 1. The highest BCUT2D eigenvalue weighted by molar-refractivity contribution is 5.80. The summed E-state index contributed by atoms with van der Waals surface area (Å²) in [6.45, 7) is 5.42. The third-order valence-electron chi connectivity index (χ3n) is 6.93. The molecule has 182 valence electrons. The number of alkyl halides is 2. The van der Waals surface area contributed by atoms with Gasteiger partial charge in [-0.1, -0.05) is 39.0 Å². The highest BCUT2D eigenvalue weighted by Crippen LogP contribution is 2.55. The number of carbonyl (C=O) groups excluding carboxylic acids is 1. The van der Waals surface area contributed by atoms with Crippen LogP contribution < -0.4 is 5.32 Å². The fourth-order valence-electron chi connectivity index (χ4n) is 5.28. The number of aliphatic hydroxyl groups is 1. The van der Waals surface area contributed by atoms with E-state index in [1.54, 1.807) is 0 Å². The van der Waals surface area contributed by atoms with Crippen molar-refractivity contribution >= 4 is 16.9 Å². The van der Waals surface area contributed by atoms with E-state index < -0.39 is 47.1 Å². The largest absolute Gasteiger partial charge is 0.388 e. The first-order valence-electron chi connectivity index (χ1n) is 11.6. The molecule has 3 aromatic rings. The second-order valence-corrected chi connectivity index (χ2v) is 9.64. The molecule has 3 N–H and O–H groups in total. The van der Waals surface area contributed by atoms with Crippen LogP contribution in [0.3, 0.4) is 0 Å². The standard InChI is InChI=1S/C26H30F3N3O2/c1-15(2)23-18-11-10-17(27)13-19(18)26(28,29)14-25(23,34)16(3)24(33)30-12-6-9-22-31-20-7-4-5-8-21(20)32-22/h4-5,7-8,10-11,13,15-16,23,34H,6,9,12,14H2,1-3H3,(H,30,33)(H,31,32). The molecule has 1 aromatic heterocycles. The van der Waals surface area contributed by atoms with Gasteiger partial charge < -0.3 is 15.4 Å². The van der Waals surface area contributed by atoms with Gasteiger partial charge in [0.25, 0.3) is 5.92 Å². The van der Waals surface area contributed by atoms with Crippen LogP contribution in [0.1, 0.15) is 56.5 Å². The lowest BCUT2D eigenvalue weighted by atomic mass is 9.61. The Balaban J connectivity index is 1.46. The lowest BCUT2D eigenvalue weighted by molar-refractivity contribution is -0.161. The second kappa shape index (κ2) is 9.06. The van der Waals surface area contributed by atoms with E-state index in [0.29, 0.717) is 19.4 Å². The van der Waals surface area contributed by atoms with E-state index in [1.807, 2.05) is 38.1 Å². The van der Waals surface area contributed by atoms with Crippen LogP contribution >= 0.6 is 0 Å². The van der Waals surface area contributed by atoms with Crippen molar-refractivity contribution in [1.82, 2.24) is 15.3 Å². The number of nitrogens with one attached hydrogen (secondary N) is 2. The van der Waals surface area contributed by atoms with Gasteiger partial charge in [0, 0.05) is 30.9 Å². The molecule has 1 aliphatic carbocycles. The number of para-hydroxylation sites is 2. The lowest BCUT2D eigenvalue weighted by Gasteiger charge is -2.48. The van der Waals surface area contributed by atoms with E-state index in [1.165, 1.54) is 13.0 Å². The Morgan fingerprint density at radius 2 is 1.97 bits per heavy atom. The van der Waals surface area contributed by atoms with Gasteiger partial charge in [-0.05, 0) is 42.2 Å². The molecule has 1 amide bonds. The normalized spacial score (nSPS) is 22.5. The second-order valence-electron chi connectivity index (χ2n) is 9.64.